The van der Waals surface area contributed by atoms with E-state index >= 15 is 0 Å². The predicted molar refractivity (Wildman–Crippen MR) is 61.7 cm³/mol. The second-order valence-corrected chi connectivity index (χ2v) is 3.44. The fraction of sp³-hybridized carbons (Fsp3) is 0.455. The van der Waals surface area contributed by atoms with Gasteiger partial charge in [0.25, 0.3) is 0 Å². The molecule has 0 saturated carbocycles. The van der Waals surface area contributed by atoms with Gasteiger partial charge < -0.3 is 10.1 Å². The van der Waals surface area contributed by atoms with Crippen molar-refractivity contribution in [2.24, 2.45) is 0 Å². The van der Waals surface area contributed by atoms with Crippen LogP contribution < -0.4 is 10.1 Å². The van der Waals surface area contributed by atoms with Crippen LogP contribution in [0.25, 0.3) is 0 Å². The standard InChI is InChI=1S/C11H15FN2O3/c1-2-6-13-7-8-17-10-5-3-4-9(12)11(10)14(15)16/h3-5,13H,2,6-8H2,1H3. The molecule has 5 nitrogen and oxygen atoms in total. The third kappa shape index (κ3) is 3.99. The third-order valence-electron chi connectivity index (χ3n) is 2.10. The van der Waals surface area contributed by atoms with Gasteiger partial charge in [0.1, 0.15) is 6.61 Å². The predicted octanol–water partition coefficient (Wildman–Crippen LogP) is 2.11. The van der Waals surface area contributed by atoms with Crippen LogP contribution in [0.5, 0.6) is 5.75 Å². The topological polar surface area (TPSA) is 64.4 Å². The van der Waals surface area contributed by atoms with Crippen molar-refractivity contribution < 1.29 is 14.1 Å². The van der Waals surface area contributed by atoms with Gasteiger partial charge in [-0.1, -0.05) is 13.0 Å². The first-order valence-corrected chi connectivity index (χ1v) is 5.43. The smallest absolute Gasteiger partial charge is 0.346 e. The Morgan fingerprint density at radius 1 is 1.47 bits per heavy atom. The highest BCUT2D eigenvalue weighted by atomic mass is 19.1. The number of nitrogens with zero attached hydrogens (tertiary/aromatic N) is 1. The van der Waals surface area contributed by atoms with Gasteiger partial charge in [-0.05, 0) is 25.1 Å². The molecule has 0 bridgehead atoms. The van der Waals surface area contributed by atoms with Gasteiger partial charge >= 0.3 is 5.69 Å². The highest BCUT2D eigenvalue weighted by molar-refractivity contribution is 5.47. The summed E-state index contributed by atoms with van der Waals surface area (Å²) in [6.45, 7) is 3.73. The second kappa shape index (κ2) is 6.80. The molecule has 1 N–H and O–H groups in total. The lowest BCUT2D eigenvalue weighted by Crippen LogP contribution is -2.21. The number of nitro benzene ring substituents is 1. The second-order valence-electron chi connectivity index (χ2n) is 3.44. The van der Waals surface area contributed by atoms with Gasteiger partial charge in [-0.3, -0.25) is 10.1 Å². The molecule has 0 heterocycles. The molecule has 1 aromatic rings. The third-order valence-corrected chi connectivity index (χ3v) is 2.10. The molecule has 0 radical (unpaired) electrons. The van der Waals surface area contributed by atoms with E-state index in [1.165, 1.54) is 12.1 Å². The molecule has 0 aromatic heterocycles. The minimum absolute atomic E-state index is 0.0340. The van der Waals surface area contributed by atoms with Crippen molar-refractivity contribution in [3.05, 3.63) is 34.1 Å². The van der Waals surface area contributed by atoms with Gasteiger partial charge in [-0.25, -0.2) is 0 Å². The van der Waals surface area contributed by atoms with E-state index in [1.807, 2.05) is 6.92 Å². The van der Waals surface area contributed by atoms with Crippen LogP contribution in [0.15, 0.2) is 18.2 Å². The number of para-hydroxylation sites is 1. The maximum absolute atomic E-state index is 13.2. The minimum Gasteiger partial charge on any atom is -0.485 e. The molecule has 17 heavy (non-hydrogen) atoms. The first-order chi connectivity index (χ1) is 8.16. The van der Waals surface area contributed by atoms with Crippen molar-refractivity contribution in [2.45, 2.75) is 13.3 Å². The summed E-state index contributed by atoms with van der Waals surface area (Å²) in [6.07, 6.45) is 1.00. The van der Waals surface area contributed by atoms with Crippen molar-refractivity contribution in [1.82, 2.24) is 5.32 Å². The molecule has 0 aliphatic heterocycles. The van der Waals surface area contributed by atoms with Gasteiger partial charge in [-0.15, -0.1) is 0 Å². The Labute approximate surface area is 98.7 Å². The minimum atomic E-state index is -0.881. The van der Waals surface area contributed by atoms with Crippen LogP contribution in [0, 0.1) is 15.9 Å². The Morgan fingerprint density at radius 2 is 2.24 bits per heavy atom. The summed E-state index contributed by atoms with van der Waals surface area (Å²) in [5, 5.41) is 13.7. The molecule has 0 aliphatic rings. The fourth-order valence-corrected chi connectivity index (χ4v) is 1.32. The van der Waals surface area contributed by atoms with E-state index in [4.69, 9.17) is 4.74 Å². The maximum Gasteiger partial charge on any atom is 0.346 e. The molecule has 0 atom stereocenters. The summed E-state index contributed by atoms with van der Waals surface area (Å²) in [7, 11) is 0. The van der Waals surface area contributed by atoms with E-state index in [0.717, 1.165) is 19.0 Å². The number of hydrogen-bond donors (Lipinski definition) is 1. The Morgan fingerprint density at radius 3 is 2.88 bits per heavy atom. The zero-order valence-electron chi connectivity index (χ0n) is 9.61. The molecule has 0 saturated heterocycles. The summed E-state index contributed by atoms with van der Waals surface area (Å²) in [5.41, 5.74) is -0.608. The fourth-order valence-electron chi connectivity index (χ4n) is 1.32. The van der Waals surface area contributed by atoms with Crippen molar-refractivity contribution in [3.8, 4) is 5.75 Å². The van der Waals surface area contributed by atoms with Gasteiger partial charge in [-0.2, -0.15) is 4.39 Å². The van der Waals surface area contributed by atoms with Crippen LogP contribution >= 0.6 is 0 Å². The molecule has 0 unspecified atom stereocenters. The summed E-state index contributed by atoms with van der Waals surface area (Å²) in [6, 6.07) is 3.82. The lowest BCUT2D eigenvalue weighted by atomic mass is 10.3. The molecule has 1 rings (SSSR count). The lowest BCUT2D eigenvalue weighted by Gasteiger charge is -2.07. The molecule has 1 aromatic carbocycles. The van der Waals surface area contributed by atoms with E-state index in [0.29, 0.717) is 6.54 Å². The quantitative estimate of drug-likeness (QED) is 0.452. The summed E-state index contributed by atoms with van der Waals surface area (Å²) in [5.74, 6) is -0.915. The molecule has 94 valence electrons. The maximum atomic E-state index is 13.2. The van der Waals surface area contributed by atoms with Crippen molar-refractivity contribution in [3.63, 3.8) is 0 Å². The van der Waals surface area contributed by atoms with Crippen molar-refractivity contribution in [1.29, 1.82) is 0 Å². The van der Waals surface area contributed by atoms with E-state index < -0.39 is 16.4 Å². The zero-order chi connectivity index (χ0) is 12.7. The van der Waals surface area contributed by atoms with E-state index in [9.17, 15) is 14.5 Å². The number of halogens is 1. The lowest BCUT2D eigenvalue weighted by molar-refractivity contribution is -0.388. The number of rotatable bonds is 7. The molecular formula is C11H15FN2O3. The average Bonchev–Trinajstić information content (AvgIpc) is 2.28. The zero-order valence-corrected chi connectivity index (χ0v) is 9.61. The Kier molecular flexibility index (Phi) is 5.35. The van der Waals surface area contributed by atoms with E-state index in [1.54, 1.807) is 0 Å². The highest BCUT2D eigenvalue weighted by Gasteiger charge is 2.20. The monoisotopic (exact) mass is 242 g/mol. The first-order valence-electron chi connectivity index (χ1n) is 5.43. The van der Waals surface area contributed by atoms with Crippen LogP contribution in [0.3, 0.4) is 0 Å². The number of ether oxygens (including phenoxy) is 1. The largest absolute Gasteiger partial charge is 0.485 e. The molecule has 0 spiro atoms. The molecule has 0 fully saturated rings. The van der Waals surface area contributed by atoms with Crippen molar-refractivity contribution >= 4 is 5.69 Å². The Bertz CT molecular complexity index is 385. The van der Waals surface area contributed by atoms with Crippen LogP contribution in [-0.4, -0.2) is 24.6 Å². The number of nitro groups is 1. The number of benzene rings is 1. The molecule has 6 heteroatoms. The average molecular weight is 242 g/mol. The molecular weight excluding hydrogens is 227 g/mol. The van der Waals surface area contributed by atoms with Gasteiger partial charge in [0, 0.05) is 6.54 Å². The number of nitrogens with one attached hydrogen (secondary N) is 1. The van der Waals surface area contributed by atoms with E-state index in [-0.39, 0.29) is 12.4 Å². The molecule has 0 aliphatic carbocycles. The summed E-state index contributed by atoms with van der Waals surface area (Å²) in [4.78, 5) is 9.87. The van der Waals surface area contributed by atoms with Gasteiger partial charge in [0.05, 0.1) is 4.92 Å². The Balaban J connectivity index is 2.58. The van der Waals surface area contributed by atoms with Gasteiger partial charge in [0.15, 0.2) is 5.75 Å². The Hall–Kier alpha value is -1.69. The highest BCUT2D eigenvalue weighted by Crippen LogP contribution is 2.29. The van der Waals surface area contributed by atoms with E-state index in [2.05, 4.69) is 5.32 Å². The van der Waals surface area contributed by atoms with Crippen molar-refractivity contribution in [2.75, 3.05) is 19.7 Å². The van der Waals surface area contributed by atoms with Gasteiger partial charge in [0.2, 0.25) is 5.82 Å². The van der Waals surface area contributed by atoms with Crippen LogP contribution in [0.2, 0.25) is 0 Å². The van der Waals surface area contributed by atoms with Crippen LogP contribution in [0.4, 0.5) is 10.1 Å². The normalized spacial score (nSPS) is 10.2. The summed E-state index contributed by atoms with van der Waals surface area (Å²) >= 11 is 0. The summed E-state index contributed by atoms with van der Waals surface area (Å²) < 4.78 is 18.4. The SMILES string of the molecule is CCCNCCOc1cccc(F)c1[N+](=O)[O-]. The van der Waals surface area contributed by atoms with Crippen LogP contribution in [-0.2, 0) is 0 Å². The van der Waals surface area contributed by atoms with Crippen LogP contribution in [0.1, 0.15) is 13.3 Å². The first kappa shape index (κ1) is 13.4. The molecule has 0 amide bonds. The number of hydrogen-bond acceptors (Lipinski definition) is 4.